The predicted molar refractivity (Wildman–Crippen MR) is 82.3 cm³/mol. The van der Waals surface area contributed by atoms with Gasteiger partial charge in [0.25, 0.3) is 5.91 Å². The van der Waals surface area contributed by atoms with Gasteiger partial charge in [0.2, 0.25) is 0 Å². The van der Waals surface area contributed by atoms with Crippen LogP contribution in [0.2, 0.25) is 0 Å². The van der Waals surface area contributed by atoms with E-state index in [1.165, 1.54) is 0 Å². The highest BCUT2D eigenvalue weighted by atomic mass is 16.5. The highest BCUT2D eigenvalue weighted by molar-refractivity contribution is 6.12. The second kappa shape index (κ2) is 6.03. The number of nitrogens with one attached hydrogen (secondary N) is 1. The summed E-state index contributed by atoms with van der Waals surface area (Å²) in [5.74, 6) is 0.493. The van der Waals surface area contributed by atoms with Gasteiger partial charge < -0.3 is 19.3 Å². The fraction of sp³-hybridized carbons (Fsp3) is 0.250. The summed E-state index contributed by atoms with van der Waals surface area (Å²) in [5, 5.41) is 9.19. The number of hydrogen-bond acceptors (Lipinski definition) is 5. The normalized spacial score (nSPS) is 11.0. The smallest absolute Gasteiger partial charge is 0.274 e. The molecule has 2 aromatic carbocycles. The molecule has 1 amide bonds. The van der Waals surface area contributed by atoms with Crippen LogP contribution in [0.15, 0.2) is 34.9 Å². The number of ether oxygens (including phenoxy) is 2. The Morgan fingerprint density at radius 3 is 2.82 bits per heavy atom. The largest absolute Gasteiger partial charge is 0.497 e. The van der Waals surface area contributed by atoms with E-state index in [4.69, 9.17) is 14.0 Å². The van der Waals surface area contributed by atoms with Crippen molar-refractivity contribution in [3.63, 3.8) is 0 Å². The van der Waals surface area contributed by atoms with Crippen LogP contribution < -0.4 is 10.1 Å². The van der Waals surface area contributed by atoms with Crippen molar-refractivity contribution in [1.82, 2.24) is 10.5 Å². The maximum atomic E-state index is 12.1. The van der Waals surface area contributed by atoms with E-state index in [1.807, 2.05) is 30.3 Å². The van der Waals surface area contributed by atoms with Gasteiger partial charge in [-0.2, -0.15) is 0 Å². The third-order valence-corrected chi connectivity index (χ3v) is 3.47. The van der Waals surface area contributed by atoms with Crippen LogP contribution in [0.3, 0.4) is 0 Å². The fourth-order valence-corrected chi connectivity index (χ4v) is 2.35. The van der Waals surface area contributed by atoms with Crippen LogP contribution in [0.25, 0.3) is 21.7 Å². The third kappa shape index (κ3) is 2.48. The van der Waals surface area contributed by atoms with Gasteiger partial charge in [0.1, 0.15) is 5.75 Å². The molecule has 0 spiro atoms. The summed E-state index contributed by atoms with van der Waals surface area (Å²) >= 11 is 0. The summed E-state index contributed by atoms with van der Waals surface area (Å²) in [6.45, 7) is 0.874. The molecule has 0 fully saturated rings. The van der Waals surface area contributed by atoms with Gasteiger partial charge >= 0.3 is 0 Å². The number of carbonyl (C=O) groups is 1. The number of hydrogen-bond donors (Lipinski definition) is 1. The van der Waals surface area contributed by atoms with Crippen molar-refractivity contribution < 1.29 is 18.8 Å². The Bertz CT molecular complexity index is 825. The highest BCUT2D eigenvalue weighted by Crippen LogP contribution is 2.30. The minimum atomic E-state index is -0.274. The molecule has 22 heavy (non-hydrogen) atoms. The van der Waals surface area contributed by atoms with Gasteiger partial charge in [-0.3, -0.25) is 4.79 Å². The lowest BCUT2D eigenvalue weighted by molar-refractivity contribution is 0.0929. The summed E-state index contributed by atoms with van der Waals surface area (Å²) in [4.78, 5) is 12.1. The Hall–Kier alpha value is -2.60. The van der Waals surface area contributed by atoms with Crippen molar-refractivity contribution in [2.75, 3.05) is 27.4 Å². The van der Waals surface area contributed by atoms with Gasteiger partial charge in [-0.1, -0.05) is 11.2 Å². The molecule has 0 unspecified atom stereocenters. The number of aromatic nitrogens is 1. The van der Waals surface area contributed by atoms with Gasteiger partial charge in [-0.05, 0) is 29.7 Å². The summed E-state index contributed by atoms with van der Waals surface area (Å²) in [7, 11) is 3.20. The number of benzene rings is 2. The molecule has 1 N–H and O–H groups in total. The Morgan fingerprint density at radius 2 is 2.05 bits per heavy atom. The van der Waals surface area contributed by atoms with Crippen molar-refractivity contribution in [2.24, 2.45) is 0 Å². The number of rotatable bonds is 5. The Balaban J connectivity index is 2.01. The molecular weight excluding hydrogens is 284 g/mol. The van der Waals surface area contributed by atoms with Gasteiger partial charge in [0.15, 0.2) is 11.3 Å². The zero-order chi connectivity index (χ0) is 15.5. The van der Waals surface area contributed by atoms with Crippen molar-refractivity contribution >= 4 is 27.6 Å². The van der Waals surface area contributed by atoms with Crippen molar-refractivity contribution in [3.05, 3.63) is 36.0 Å². The molecule has 0 bridgehead atoms. The lowest BCUT2D eigenvalue weighted by Gasteiger charge is -2.03. The average molecular weight is 300 g/mol. The maximum absolute atomic E-state index is 12.1. The van der Waals surface area contributed by atoms with Gasteiger partial charge in [0.05, 0.1) is 19.1 Å². The van der Waals surface area contributed by atoms with Crippen LogP contribution in [0.1, 0.15) is 10.5 Å². The topological polar surface area (TPSA) is 73.6 Å². The molecular formula is C16H16N2O4. The van der Waals surface area contributed by atoms with Crippen LogP contribution in [-0.2, 0) is 4.74 Å². The van der Waals surface area contributed by atoms with Crippen LogP contribution in [0.4, 0.5) is 0 Å². The third-order valence-electron chi connectivity index (χ3n) is 3.47. The SMILES string of the molecule is COCCNC(=O)c1noc2c1ccc1cc(OC)ccc12. The molecule has 6 nitrogen and oxygen atoms in total. The first kappa shape index (κ1) is 14.3. The molecule has 0 aliphatic rings. The molecule has 3 aromatic rings. The molecule has 0 saturated carbocycles. The molecule has 0 radical (unpaired) electrons. The first-order valence-corrected chi connectivity index (χ1v) is 6.88. The molecule has 0 aliphatic carbocycles. The molecule has 6 heteroatoms. The zero-order valence-electron chi connectivity index (χ0n) is 12.4. The van der Waals surface area contributed by atoms with Crippen LogP contribution in [0, 0.1) is 0 Å². The molecule has 0 atom stereocenters. The quantitative estimate of drug-likeness (QED) is 0.732. The average Bonchev–Trinajstić information content (AvgIpc) is 2.98. The van der Waals surface area contributed by atoms with Gasteiger partial charge in [-0.25, -0.2) is 0 Å². The number of methoxy groups -OCH3 is 2. The Labute approximate surface area is 127 Å². The first-order chi connectivity index (χ1) is 10.7. The second-order valence-corrected chi connectivity index (χ2v) is 4.81. The fourth-order valence-electron chi connectivity index (χ4n) is 2.35. The van der Waals surface area contributed by atoms with Crippen LogP contribution >= 0.6 is 0 Å². The lowest BCUT2D eigenvalue weighted by Crippen LogP contribution is -2.27. The van der Waals surface area contributed by atoms with E-state index in [1.54, 1.807) is 14.2 Å². The lowest BCUT2D eigenvalue weighted by atomic mass is 10.1. The van der Waals surface area contributed by atoms with E-state index in [9.17, 15) is 4.79 Å². The molecule has 1 aromatic heterocycles. The van der Waals surface area contributed by atoms with Crippen LogP contribution in [-0.4, -0.2) is 38.4 Å². The van der Waals surface area contributed by atoms with Gasteiger partial charge in [0, 0.05) is 19.0 Å². The summed E-state index contributed by atoms with van der Waals surface area (Å²) in [5.41, 5.74) is 0.876. The molecule has 114 valence electrons. The van der Waals surface area contributed by atoms with Crippen LogP contribution in [0.5, 0.6) is 5.75 Å². The maximum Gasteiger partial charge on any atom is 0.274 e. The predicted octanol–water partition coefficient (Wildman–Crippen LogP) is 2.37. The highest BCUT2D eigenvalue weighted by Gasteiger charge is 2.17. The Kier molecular flexibility index (Phi) is 3.93. The number of amides is 1. The standard InChI is InChI=1S/C16H16N2O4/c1-20-8-7-17-16(19)14-13-5-3-10-9-11(21-2)4-6-12(10)15(13)22-18-14/h3-6,9H,7-8H2,1-2H3,(H,17,19). The summed E-state index contributed by atoms with van der Waals surface area (Å²) in [6, 6.07) is 9.41. The van der Waals surface area contributed by atoms with Gasteiger partial charge in [-0.15, -0.1) is 0 Å². The van der Waals surface area contributed by atoms with Crippen molar-refractivity contribution in [3.8, 4) is 5.75 Å². The van der Waals surface area contributed by atoms with E-state index >= 15 is 0 Å². The first-order valence-electron chi connectivity index (χ1n) is 6.88. The number of fused-ring (bicyclic) bond motifs is 3. The minimum Gasteiger partial charge on any atom is -0.497 e. The molecule has 3 rings (SSSR count). The zero-order valence-corrected chi connectivity index (χ0v) is 12.4. The van der Waals surface area contributed by atoms with E-state index in [2.05, 4.69) is 10.5 Å². The van der Waals surface area contributed by atoms with E-state index < -0.39 is 0 Å². The molecule has 0 aliphatic heterocycles. The monoisotopic (exact) mass is 300 g/mol. The Morgan fingerprint density at radius 1 is 1.23 bits per heavy atom. The second-order valence-electron chi connectivity index (χ2n) is 4.81. The van der Waals surface area contributed by atoms with E-state index in [-0.39, 0.29) is 11.6 Å². The molecule has 1 heterocycles. The van der Waals surface area contributed by atoms with E-state index in [0.29, 0.717) is 24.1 Å². The summed E-state index contributed by atoms with van der Waals surface area (Å²) in [6.07, 6.45) is 0. The van der Waals surface area contributed by atoms with Crippen molar-refractivity contribution in [2.45, 2.75) is 0 Å². The number of carbonyl (C=O) groups excluding carboxylic acids is 1. The molecule has 0 saturated heterocycles. The minimum absolute atomic E-state index is 0.274. The van der Waals surface area contributed by atoms with Crippen molar-refractivity contribution in [1.29, 1.82) is 0 Å². The van der Waals surface area contributed by atoms with E-state index in [0.717, 1.165) is 16.5 Å². The summed E-state index contributed by atoms with van der Waals surface area (Å²) < 4.78 is 15.5. The number of nitrogens with zero attached hydrogens (tertiary/aromatic N) is 1.